The van der Waals surface area contributed by atoms with E-state index >= 15 is 0 Å². The van der Waals surface area contributed by atoms with Gasteiger partial charge in [0, 0.05) is 19.3 Å². The number of carbonyl (C=O) groups excluding carboxylic acids is 3. The van der Waals surface area contributed by atoms with Gasteiger partial charge in [0.1, 0.15) is 13.2 Å². The Labute approximate surface area is 355 Å². The van der Waals surface area contributed by atoms with Crippen LogP contribution in [0.2, 0.25) is 0 Å². The lowest BCUT2D eigenvalue weighted by molar-refractivity contribution is -0.167. The lowest BCUT2D eigenvalue weighted by atomic mass is 10.1. The first-order valence-corrected chi connectivity index (χ1v) is 22.9. The van der Waals surface area contributed by atoms with Gasteiger partial charge in [-0.3, -0.25) is 14.4 Å². The minimum absolute atomic E-state index is 0.112. The molecule has 1 atom stereocenters. The van der Waals surface area contributed by atoms with E-state index in [9.17, 15) is 14.4 Å². The molecule has 0 saturated carbocycles. The molecule has 0 aromatic rings. The van der Waals surface area contributed by atoms with Gasteiger partial charge in [0.25, 0.3) is 0 Å². The molecule has 326 valence electrons. The van der Waals surface area contributed by atoms with E-state index in [2.05, 4.69) is 106 Å². The van der Waals surface area contributed by atoms with Crippen LogP contribution in [0.15, 0.2) is 109 Å². The Morgan fingerprint density at radius 1 is 0.362 bits per heavy atom. The number of esters is 3. The van der Waals surface area contributed by atoms with Crippen molar-refractivity contribution in [1.29, 1.82) is 0 Å². The molecule has 58 heavy (non-hydrogen) atoms. The molecule has 0 N–H and O–H groups in total. The number of carbonyl (C=O) groups is 3. The average Bonchev–Trinajstić information content (AvgIpc) is 3.22. The van der Waals surface area contributed by atoms with Crippen LogP contribution in [0.4, 0.5) is 0 Å². The van der Waals surface area contributed by atoms with Crippen molar-refractivity contribution >= 4 is 17.9 Å². The molecule has 0 aliphatic heterocycles. The van der Waals surface area contributed by atoms with Crippen LogP contribution in [-0.2, 0) is 28.6 Å². The fourth-order valence-corrected chi connectivity index (χ4v) is 5.75. The standard InChI is InChI=1S/C52H82O6/c1-4-7-10-13-16-19-22-24-26-28-30-33-36-39-42-45-51(54)57-48-49(47-56-50(53)44-41-38-35-32-29-21-18-15-12-9-6-3)58-52(55)46-43-40-37-34-31-27-25-23-20-17-14-11-8-5-2/h7-13,16-22,24,26,32,35,49H,4-6,14-15,23,25,27-31,33-34,36-48H2,1-3H3/b10-7-,11-8-,12-9-,16-13-,20-17-,21-18-,22-19-,26-24-,35-32-. The highest BCUT2D eigenvalue weighted by molar-refractivity contribution is 5.71. The SMILES string of the molecule is CC\C=C/C=C\C=C/C=C\CCCCCCCC(=O)OCC(COC(=O)CCC/C=C\C/C=C\C/C=C\CC)OC(=O)CCCCCCCCC/C=C\C/C=C\CC. The number of ether oxygens (including phenoxy) is 3. The van der Waals surface area contributed by atoms with Gasteiger partial charge in [0.15, 0.2) is 6.10 Å². The van der Waals surface area contributed by atoms with Crippen molar-refractivity contribution in [2.75, 3.05) is 13.2 Å². The van der Waals surface area contributed by atoms with Crippen LogP contribution in [0.25, 0.3) is 0 Å². The van der Waals surface area contributed by atoms with E-state index in [0.29, 0.717) is 19.3 Å². The first-order chi connectivity index (χ1) is 28.5. The zero-order chi connectivity index (χ0) is 42.3. The second-order valence-corrected chi connectivity index (χ2v) is 14.6. The summed E-state index contributed by atoms with van der Waals surface area (Å²) in [7, 11) is 0. The lowest BCUT2D eigenvalue weighted by Gasteiger charge is -2.18. The van der Waals surface area contributed by atoms with Gasteiger partial charge in [-0.1, -0.05) is 182 Å². The van der Waals surface area contributed by atoms with Crippen molar-refractivity contribution in [3.05, 3.63) is 109 Å². The first kappa shape index (κ1) is 54.1. The molecule has 0 aromatic carbocycles. The van der Waals surface area contributed by atoms with Crippen molar-refractivity contribution in [2.24, 2.45) is 0 Å². The summed E-state index contributed by atoms with van der Waals surface area (Å²) in [6.07, 6.45) is 60.8. The zero-order valence-electron chi connectivity index (χ0n) is 37.0. The Bertz CT molecular complexity index is 1240. The summed E-state index contributed by atoms with van der Waals surface area (Å²) in [4.78, 5) is 37.8. The van der Waals surface area contributed by atoms with E-state index in [1.165, 1.54) is 25.7 Å². The van der Waals surface area contributed by atoms with Crippen molar-refractivity contribution in [2.45, 2.75) is 187 Å². The number of allylic oxidation sites excluding steroid dienone is 18. The van der Waals surface area contributed by atoms with E-state index in [1.54, 1.807) is 0 Å². The monoisotopic (exact) mass is 803 g/mol. The van der Waals surface area contributed by atoms with Crippen LogP contribution < -0.4 is 0 Å². The molecule has 0 aromatic heterocycles. The van der Waals surface area contributed by atoms with Crippen LogP contribution in [0.5, 0.6) is 0 Å². The second kappa shape index (κ2) is 45.8. The fraction of sp³-hybridized carbons (Fsp3) is 0.596. The quantitative estimate of drug-likeness (QED) is 0.0202. The number of hydrogen-bond donors (Lipinski definition) is 0. The van der Waals surface area contributed by atoms with Crippen molar-refractivity contribution in [3.8, 4) is 0 Å². The van der Waals surface area contributed by atoms with Crippen LogP contribution in [0.1, 0.15) is 181 Å². The van der Waals surface area contributed by atoms with E-state index < -0.39 is 6.10 Å². The van der Waals surface area contributed by atoms with Crippen LogP contribution in [0, 0.1) is 0 Å². The Morgan fingerprint density at radius 2 is 0.724 bits per heavy atom. The van der Waals surface area contributed by atoms with E-state index in [-0.39, 0.29) is 37.5 Å². The number of unbranched alkanes of at least 4 members (excludes halogenated alkanes) is 13. The summed E-state index contributed by atoms with van der Waals surface area (Å²) in [6.45, 7) is 6.17. The molecular formula is C52H82O6. The summed E-state index contributed by atoms with van der Waals surface area (Å²) in [5.41, 5.74) is 0. The predicted molar refractivity (Wildman–Crippen MR) is 247 cm³/mol. The van der Waals surface area contributed by atoms with E-state index in [4.69, 9.17) is 14.2 Å². The molecule has 0 fully saturated rings. The highest BCUT2D eigenvalue weighted by Gasteiger charge is 2.19. The minimum atomic E-state index is -0.812. The topological polar surface area (TPSA) is 78.9 Å². The molecule has 0 aliphatic carbocycles. The third-order valence-electron chi connectivity index (χ3n) is 9.10. The molecule has 0 spiro atoms. The van der Waals surface area contributed by atoms with Gasteiger partial charge in [-0.25, -0.2) is 0 Å². The fourth-order valence-electron chi connectivity index (χ4n) is 5.75. The van der Waals surface area contributed by atoms with E-state index in [1.807, 2.05) is 24.3 Å². The molecule has 6 nitrogen and oxygen atoms in total. The van der Waals surface area contributed by atoms with Crippen LogP contribution in [0.3, 0.4) is 0 Å². The third-order valence-corrected chi connectivity index (χ3v) is 9.10. The number of rotatable bonds is 39. The van der Waals surface area contributed by atoms with Gasteiger partial charge in [0.05, 0.1) is 0 Å². The Kier molecular flexibility index (Phi) is 42.7. The van der Waals surface area contributed by atoms with Gasteiger partial charge in [-0.2, -0.15) is 0 Å². The summed E-state index contributed by atoms with van der Waals surface area (Å²) in [6, 6.07) is 0. The molecule has 0 aliphatic rings. The third kappa shape index (κ3) is 43.2. The smallest absolute Gasteiger partial charge is 0.306 e. The molecular weight excluding hydrogens is 721 g/mol. The zero-order valence-corrected chi connectivity index (χ0v) is 37.0. The summed E-state index contributed by atoms with van der Waals surface area (Å²) >= 11 is 0. The Balaban J connectivity index is 4.51. The largest absolute Gasteiger partial charge is 0.462 e. The maximum atomic E-state index is 12.7. The van der Waals surface area contributed by atoms with Gasteiger partial charge >= 0.3 is 17.9 Å². The summed E-state index contributed by atoms with van der Waals surface area (Å²) in [5.74, 6) is -1.01. The maximum Gasteiger partial charge on any atom is 0.306 e. The molecule has 0 heterocycles. The molecule has 0 amide bonds. The van der Waals surface area contributed by atoms with Crippen molar-refractivity contribution in [3.63, 3.8) is 0 Å². The first-order valence-electron chi connectivity index (χ1n) is 22.9. The molecule has 1 unspecified atom stereocenters. The minimum Gasteiger partial charge on any atom is -0.462 e. The molecule has 0 bridgehead atoms. The van der Waals surface area contributed by atoms with Crippen molar-refractivity contribution < 1.29 is 28.6 Å². The van der Waals surface area contributed by atoms with Crippen LogP contribution in [-0.4, -0.2) is 37.2 Å². The highest BCUT2D eigenvalue weighted by atomic mass is 16.6. The Hall–Kier alpha value is -3.93. The lowest BCUT2D eigenvalue weighted by Crippen LogP contribution is -2.30. The summed E-state index contributed by atoms with van der Waals surface area (Å²) in [5, 5.41) is 0. The van der Waals surface area contributed by atoms with Gasteiger partial charge in [0.2, 0.25) is 0 Å². The van der Waals surface area contributed by atoms with Crippen LogP contribution >= 0.6 is 0 Å². The molecule has 0 radical (unpaired) electrons. The van der Waals surface area contributed by atoms with Gasteiger partial charge in [-0.05, 0) is 89.9 Å². The normalized spacial score (nSPS) is 13.1. The van der Waals surface area contributed by atoms with E-state index in [0.717, 1.165) is 109 Å². The second-order valence-electron chi connectivity index (χ2n) is 14.6. The summed E-state index contributed by atoms with van der Waals surface area (Å²) < 4.78 is 16.6. The van der Waals surface area contributed by atoms with Gasteiger partial charge in [-0.15, -0.1) is 0 Å². The van der Waals surface area contributed by atoms with Crippen molar-refractivity contribution in [1.82, 2.24) is 0 Å². The number of hydrogen-bond acceptors (Lipinski definition) is 6. The highest BCUT2D eigenvalue weighted by Crippen LogP contribution is 2.13. The molecule has 6 heteroatoms. The van der Waals surface area contributed by atoms with Gasteiger partial charge < -0.3 is 14.2 Å². The molecule has 0 rings (SSSR count). The maximum absolute atomic E-state index is 12.7. The molecule has 0 saturated heterocycles. The Morgan fingerprint density at radius 3 is 1.24 bits per heavy atom. The predicted octanol–water partition coefficient (Wildman–Crippen LogP) is 14.8. The average molecular weight is 803 g/mol.